The molecule has 0 fully saturated rings. The molecule has 7 rings (SSSR count). The summed E-state index contributed by atoms with van der Waals surface area (Å²) in [6.45, 7) is 2.08. The van der Waals surface area contributed by atoms with Crippen molar-refractivity contribution < 1.29 is 28.6 Å². The van der Waals surface area contributed by atoms with Crippen molar-refractivity contribution in [2.45, 2.75) is 44.4 Å². The van der Waals surface area contributed by atoms with Crippen LogP contribution in [0.1, 0.15) is 29.1 Å². The van der Waals surface area contributed by atoms with Crippen molar-refractivity contribution in [3.8, 4) is 33.6 Å². The molecule has 0 amide bonds. The topological polar surface area (TPSA) is 25.8 Å². The van der Waals surface area contributed by atoms with Crippen LogP contribution in [-0.2, 0) is 26.5 Å². The van der Waals surface area contributed by atoms with Gasteiger partial charge in [-0.2, -0.15) is 11.3 Å². The van der Waals surface area contributed by atoms with Crippen molar-refractivity contribution in [1.82, 2.24) is 9.97 Å². The smallest absolute Gasteiger partial charge is 0 e. The number of hydrogen-bond acceptors (Lipinski definition) is 3. The second-order valence-electron chi connectivity index (χ2n) is 13.2. The van der Waals surface area contributed by atoms with E-state index >= 15 is 0 Å². The number of fused-ring (bicyclic) bond motifs is 3. The van der Waals surface area contributed by atoms with Crippen molar-refractivity contribution in [2.75, 3.05) is 0 Å². The fourth-order valence-electron chi connectivity index (χ4n) is 5.65. The minimum absolute atomic E-state index is 0. The first-order valence-electron chi connectivity index (χ1n) is 17.3. The van der Waals surface area contributed by atoms with Gasteiger partial charge in [-0.25, -0.2) is 4.39 Å². The predicted molar refractivity (Wildman–Crippen MR) is 202 cm³/mol. The van der Waals surface area contributed by atoms with Crippen LogP contribution in [0, 0.1) is 30.7 Å². The third kappa shape index (κ3) is 8.03. The van der Waals surface area contributed by atoms with Crippen molar-refractivity contribution in [1.29, 1.82) is 0 Å². The molecule has 0 bridgehead atoms. The summed E-state index contributed by atoms with van der Waals surface area (Å²) in [4.78, 5) is 9.14. The van der Waals surface area contributed by atoms with Gasteiger partial charge in [-0.3, -0.25) is 0 Å². The summed E-state index contributed by atoms with van der Waals surface area (Å²) in [5.41, 5.74) is 6.97. The Balaban J connectivity index is 0.000000249. The molecule has 0 atom stereocenters. The Kier molecular flexibility index (Phi) is 10.2. The van der Waals surface area contributed by atoms with Crippen LogP contribution in [0.4, 0.5) is 4.39 Å². The Labute approximate surface area is 308 Å². The van der Waals surface area contributed by atoms with Crippen molar-refractivity contribution in [3.05, 3.63) is 139 Å². The number of aryl methyl sites for hydroxylation is 1. The van der Waals surface area contributed by atoms with E-state index in [-0.39, 0.29) is 31.5 Å². The van der Waals surface area contributed by atoms with Crippen molar-refractivity contribution in [2.24, 2.45) is 5.92 Å². The fraction of sp³-hybridized carbons (Fsp3) is 0.190. The Morgan fingerprint density at radius 1 is 0.875 bits per heavy atom. The second-order valence-corrected chi connectivity index (χ2v) is 24.9. The van der Waals surface area contributed by atoms with Crippen LogP contribution in [0.3, 0.4) is 0 Å². The van der Waals surface area contributed by atoms with Gasteiger partial charge in [-0.05, 0) is 57.4 Å². The maximum absolute atomic E-state index is 13.5. The van der Waals surface area contributed by atoms with Crippen LogP contribution in [0.5, 0.6) is 0 Å². The number of hydrogen-bond donors (Lipinski definition) is 0. The number of nitrogens with zero attached hydrogens (tertiary/aromatic N) is 2. The van der Waals surface area contributed by atoms with E-state index in [0.29, 0.717) is 11.3 Å². The second kappa shape index (κ2) is 15.4. The molecule has 4 aromatic carbocycles. The molecule has 1 radical (unpaired) electrons. The van der Waals surface area contributed by atoms with E-state index in [0.717, 1.165) is 54.8 Å². The first-order valence-corrected chi connectivity index (χ1v) is 24.0. The van der Waals surface area contributed by atoms with E-state index in [1.807, 2.05) is 60.9 Å². The van der Waals surface area contributed by atoms with E-state index in [4.69, 9.17) is 4.11 Å². The van der Waals surface area contributed by atoms with Crippen LogP contribution in [0.15, 0.2) is 109 Å². The molecule has 6 heteroatoms. The summed E-state index contributed by atoms with van der Waals surface area (Å²) in [5.74, 6) is 7.36. The molecule has 0 aliphatic rings. The molecule has 48 heavy (non-hydrogen) atoms. The fourth-order valence-corrected chi connectivity index (χ4v) is 9.19. The number of halogens is 1. The van der Waals surface area contributed by atoms with Gasteiger partial charge < -0.3 is 4.98 Å². The number of aromatic nitrogens is 2. The largest absolute Gasteiger partial charge is 0 e. The number of benzene rings is 4. The zero-order valence-electron chi connectivity index (χ0n) is 30.7. The maximum Gasteiger partial charge on any atom is 0 e. The minimum atomic E-state index is -2.28. The summed E-state index contributed by atoms with van der Waals surface area (Å²) >= 11 is -0.172. The first kappa shape index (κ1) is 31.8. The van der Waals surface area contributed by atoms with Gasteiger partial charge >= 0.3 is 99.8 Å². The molecule has 0 saturated heterocycles. The van der Waals surface area contributed by atoms with Gasteiger partial charge in [0.1, 0.15) is 5.82 Å². The molecule has 0 aliphatic heterocycles. The Morgan fingerprint density at radius 3 is 2.35 bits per heavy atom. The van der Waals surface area contributed by atoms with Crippen LogP contribution >= 0.6 is 11.3 Å². The predicted octanol–water partition coefficient (Wildman–Crippen LogP) is 11.3. The molecule has 0 aliphatic carbocycles. The number of thiophene rings is 1. The Bertz CT molecular complexity index is 2250. The summed E-state index contributed by atoms with van der Waals surface area (Å²) in [5, 5.41) is 1.59. The van der Waals surface area contributed by atoms with Crippen molar-refractivity contribution >= 4 is 49.2 Å². The molecule has 2 nitrogen and oxygen atoms in total. The Morgan fingerprint density at radius 2 is 1.69 bits per heavy atom. The van der Waals surface area contributed by atoms with Gasteiger partial charge in [-0.1, -0.05) is 68.0 Å². The monoisotopic (exact) mass is 892 g/mol. The van der Waals surface area contributed by atoms with Crippen LogP contribution < -0.4 is 4.40 Å². The van der Waals surface area contributed by atoms with Gasteiger partial charge in [0.15, 0.2) is 0 Å². The molecule has 0 unspecified atom stereocenters. The Hall–Kier alpha value is -3.48. The summed E-state index contributed by atoms with van der Waals surface area (Å²) in [7, 11) is 0. The zero-order chi connectivity index (χ0) is 35.6. The van der Waals surface area contributed by atoms with Gasteiger partial charge in [0, 0.05) is 35.1 Å². The minimum Gasteiger partial charge on any atom is 0 e. The molecule has 0 spiro atoms. The molecular weight excluding hydrogens is 848 g/mol. The summed E-state index contributed by atoms with van der Waals surface area (Å²) < 4.78 is 41.3. The average Bonchev–Trinajstić information content (AvgIpc) is 3.48. The van der Waals surface area contributed by atoms with Crippen molar-refractivity contribution in [3.63, 3.8) is 0 Å². The normalized spacial score (nSPS) is 12.5. The third-order valence-electron chi connectivity index (χ3n) is 8.07. The van der Waals surface area contributed by atoms with E-state index in [1.54, 1.807) is 29.5 Å². The molecule has 0 N–H and O–H groups in total. The maximum atomic E-state index is 13.5. The van der Waals surface area contributed by atoms with Crippen LogP contribution in [0.2, 0.25) is 17.3 Å². The van der Waals surface area contributed by atoms with Gasteiger partial charge in [0.25, 0.3) is 0 Å². The molecule has 0 saturated carbocycles. The first-order chi connectivity index (χ1) is 23.8. The molecule has 3 aromatic heterocycles. The van der Waals surface area contributed by atoms with Gasteiger partial charge in [0.05, 0.1) is 0 Å². The standard InChI is InChI=1S/C28H23FNS.C14H16GeN.Ir/c1-17(2)15-19-13-14-30-25(16-19)23-12-7-18(3)26-24-6-4-5-22(27(24)31-28(23)26)20-8-10-21(29)11-9-20;1-15(2,3)13-9-10-14(16-11-13)12-7-5-4-6-8-12;/h4-11,13-14,16-17H,15H2,1-3H3;4-7,9-11H,1-3H3;/q2*-1;/i3D3;;. The number of pyridine rings is 2. The van der Waals surface area contributed by atoms with E-state index in [9.17, 15) is 4.39 Å². The molecule has 245 valence electrons. The third-order valence-corrected chi connectivity index (χ3v) is 13.6. The quantitative estimate of drug-likeness (QED) is 0.123. The molecular formula is C42H39FGeIrN2S-2. The summed E-state index contributed by atoms with van der Waals surface area (Å²) in [6, 6.07) is 36.7. The molecule has 7 aromatic rings. The van der Waals surface area contributed by atoms with E-state index < -0.39 is 20.1 Å². The summed E-state index contributed by atoms with van der Waals surface area (Å²) in [6.07, 6.45) is 4.78. The SMILES string of the molecule is [2H]C([2H])([2H])c1c[c-]c(-c2cc(CC(C)C)ccn2)c2sc3c(-c4ccc(F)cc4)cccc3c12.[CH3][Ge]([CH3])([CH3])[c]1ccc(-c2[c-]cccc2)nc1.[Ir]. The van der Waals surface area contributed by atoms with Gasteiger partial charge in [-0.15, -0.1) is 23.3 Å². The zero-order valence-corrected chi connectivity index (χ0v) is 33.0. The number of rotatable bonds is 6. The van der Waals surface area contributed by atoms with E-state index in [1.165, 1.54) is 22.1 Å². The van der Waals surface area contributed by atoms with Crippen LogP contribution in [0.25, 0.3) is 53.8 Å². The molecule has 3 heterocycles. The average molecular weight is 891 g/mol. The van der Waals surface area contributed by atoms with E-state index in [2.05, 4.69) is 71.4 Å². The van der Waals surface area contributed by atoms with Gasteiger partial charge in [0.2, 0.25) is 0 Å². The van der Waals surface area contributed by atoms with Crippen LogP contribution in [-0.4, -0.2) is 23.2 Å².